The first-order chi connectivity index (χ1) is 9.59. The first-order valence-corrected chi connectivity index (χ1v) is 7.86. The zero-order valence-corrected chi connectivity index (χ0v) is 13.3. The minimum absolute atomic E-state index is 0.159. The Labute approximate surface area is 128 Å². The van der Waals surface area contributed by atoms with Gasteiger partial charge in [-0.25, -0.2) is 0 Å². The van der Waals surface area contributed by atoms with E-state index in [1.165, 1.54) is 0 Å². The first-order valence-electron chi connectivity index (χ1n) is 7.07. The zero-order chi connectivity index (χ0) is 14.6. The topological polar surface area (TPSA) is 52.9 Å². The van der Waals surface area contributed by atoms with Crippen LogP contribution in [0.2, 0.25) is 0 Å². The highest BCUT2D eigenvalue weighted by Crippen LogP contribution is 2.36. The maximum atomic E-state index is 12.6. The number of amides is 1. The van der Waals surface area contributed by atoms with Gasteiger partial charge in [-0.05, 0) is 47.3 Å². The Hall–Kier alpha value is -1.34. The molecule has 1 amide bonds. The molecule has 0 atom stereocenters. The molecule has 4 heteroatoms. The van der Waals surface area contributed by atoms with Crippen molar-refractivity contribution in [3.8, 4) is 6.07 Å². The molecule has 0 aromatic heterocycles. The highest BCUT2D eigenvalue weighted by molar-refractivity contribution is 9.10. The van der Waals surface area contributed by atoms with Crippen molar-refractivity contribution < 1.29 is 4.79 Å². The third-order valence-corrected chi connectivity index (χ3v) is 5.10. The Bertz CT molecular complexity index is 540. The number of nitrogens with one attached hydrogen (secondary N) is 1. The summed E-state index contributed by atoms with van der Waals surface area (Å²) in [5, 5.41) is 12.4. The van der Waals surface area contributed by atoms with Gasteiger partial charge >= 0.3 is 0 Å². The van der Waals surface area contributed by atoms with Crippen molar-refractivity contribution in [2.45, 2.75) is 45.4 Å². The lowest BCUT2D eigenvalue weighted by molar-refractivity contribution is -0.123. The molecule has 0 spiro atoms. The molecule has 1 N–H and O–H groups in total. The van der Waals surface area contributed by atoms with Gasteiger partial charge in [0.05, 0.1) is 11.8 Å². The molecule has 20 heavy (non-hydrogen) atoms. The fourth-order valence-corrected chi connectivity index (χ4v) is 3.07. The molecule has 1 aliphatic rings. The summed E-state index contributed by atoms with van der Waals surface area (Å²) in [6.45, 7) is 1.98. The normalized spacial score (nSPS) is 17.9. The van der Waals surface area contributed by atoms with Gasteiger partial charge in [0.2, 0.25) is 5.91 Å². The highest BCUT2D eigenvalue weighted by atomic mass is 79.9. The average molecular weight is 335 g/mol. The maximum Gasteiger partial charge on any atom is 0.244 e. The number of nitrogens with zero attached hydrogens (tertiary/aromatic N) is 1. The van der Waals surface area contributed by atoms with Gasteiger partial charge in [-0.3, -0.25) is 4.79 Å². The summed E-state index contributed by atoms with van der Waals surface area (Å²) in [6.07, 6.45) is 5.47. The third kappa shape index (κ3) is 3.04. The van der Waals surface area contributed by atoms with Crippen LogP contribution in [0.4, 0.5) is 5.69 Å². The van der Waals surface area contributed by atoms with E-state index in [2.05, 4.69) is 27.3 Å². The monoisotopic (exact) mass is 334 g/mol. The minimum atomic E-state index is -0.861. The van der Waals surface area contributed by atoms with Gasteiger partial charge in [0.25, 0.3) is 0 Å². The molecule has 1 saturated carbocycles. The SMILES string of the molecule is Cc1cccc(NC(=O)C2(C#N)CCCCCC2)c1Br. The average Bonchev–Trinajstić information content (AvgIpc) is 2.70. The maximum absolute atomic E-state index is 12.6. The van der Waals surface area contributed by atoms with Crippen LogP contribution in [0, 0.1) is 23.7 Å². The lowest BCUT2D eigenvalue weighted by atomic mass is 9.81. The number of halogens is 1. The van der Waals surface area contributed by atoms with Crippen LogP contribution in [0.3, 0.4) is 0 Å². The Morgan fingerprint density at radius 3 is 2.55 bits per heavy atom. The lowest BCUT2D eigenvalue weighted by Crippen LogP contribution is -2.34. The summed E-state index contributed by atoms with van der Waals surface area (Å²) in [5.41, 5.74) is 0.947. The summed E-state index contributed by atoms with van der Waals surface area (Å²) >= 11 is 3.49. The van der Waals surface area contributed by atoms with Crippen LogP contribution in [0.15, 0.2) is 22.7 Å². The number of hydrogen-bond acceptors (Lipinski definition) is 2. The molecule has 0 unspecified atom stereocenters. The number of aryl methyl sites for hydroxylation is 1. The quantitative estimate of drug-likeness (QED) is 0.806. The molecule has 1 aromatic rings. The van der Waals surface area contributed by atoms with Crippen LogP contribution in [0.1, 0.15) is 44.1 Å². The fraction of sp³-hybridized carbons (Fsp3) is 0.500. The number of hydrogen-bond donors (Lipinski definition) is 1. The third-order valence-electron chi connectivity index (χ3n) is 4.05. The molecule has 1 aromatic carbocycles. The molecule has 1 fully saturated rings. The second-order valence-corrected chi connectivity index (χ2v) is 6.29. The van der Waals surface area contributed by atoms with Gasteiger partial charge in [-0.1, -0.05) is 37.8 Å². The second kappa shape index (κ2) is 6.41. The number of nitriles is 1. The number of carbonyl (C=O) groups is 1. The number of benzene rings is 1. The van der Waals surface area contributed by atoms with E-state index in [1.54, 1.807) is 0 Å². The van der Waals surface area contributed by atoms with Crippen molar-refractivity contribution in [2.24, 2.45) is 5.41 Å². The van der Waals surface area contributed by atoms with Crippen LogP contribution < -0.4 is 5.32 Å². The van der Waals surface area contributed by atoms with E-state index in [-0.39, 0.29) is 5.91 Å². The Morgan fingerprint density at radius 2 is 1.95 bits per heavy atom. The van der Waals surface area contributed by atoms with Crippen LogP contribution >= 0.6 is 15.9 Å². The second-order valence-electron chi connectivity index (χ2n) is 5.50. The van der Waals surface area contributed by atoms with Gasteiger partial charge in [0.1, 0.15) is 5.41 Å². The summed E-state index contributed by atoms with van der Waals surface area (Å²) in [4.78, 5) is 12.6. The molecule has 0 heterocycles. The summed E-state index contributed by atoms with van der Waals surface area (Å²) in [7, 11) is 0. The molecule has 0 radical (unpaired) electrons. The smallest absolute Gasteiger partial charge is 0.244 e. The van der Waals surface area contributed by atoms with Gasteiger partial charge in [-0.15, -0.1) is 0 Å². The van der Waals surface area contributed by atoms with Crippen molar-refractivity contribution in [3.05, 3.63) is 28.2 Å². The highest BCUT2D eigenvalue weighted by Gasteiger charge is 2.39. The van der Waals surface area contributed by atoms with Gasteiger partial charge in [0.15, 0.2) is 0 Å². The first kappa shape index (κ1) is 15.1. The molecule has 1 aliphatic carbocycles. The van der Waals surface area contributed by atoms with Gasteiger partial charge in [-0.2, -0.15) is 5.26 Å². The van der Waals surface area contributed by atoms with Crippen LogP contribution in [-0.2, 0) is 4.79 Å². The number of rotatable bonds is 2. The van der Waals surface area contributed by atoms with E-state index >= 15 is 0 Å². The van der Waals surface area contributed by atoms with Crippen LogP contribution in [-0.4, -0.2) is 5.91 Å². The van der Waals surface area contributed by atoms with Crippen molar-refractivity contribution in [1.82, 2.24) is 0 Å². The molecular weight excluding hydrogens is 316 g/mol. The van der Waals surface area contributed by atoms with Gasteiger partial charge < -0.3 is 5.32 Å². The molecular formula is C16H19BrN2O. The molecule has 0 bridgehead atoms. The van der Waals surface area contributed by atoms with E-state index in [9.17, 15) is 10.1 Å². The molecule has 0 saturated heterocycles. The predicted molar refractivity (Wildman–Crippen MR) is 83.3 cm³/mol. The summed E-state index contributed by atoms with van der Waals surface area (Å²) in [6, 6.07) is 8.02. The van der Waals surface area contributed by atoms with Crippen molar-refractivity contribution in [3.63, 3.8) is 0 Å². The van der Waals surface area contributed by atoms with E-state index in [0.29, 0.717) is 12.8 Å². The molecule has 106 valence electrons. The summed E-state index contributed by atoms with van der Waals surface area (Å²) < 4.78 is 0.884. The lowest BCUT2D eigenvalue weighted by Gasteiger charge is -2.24. The minimum Gasteiger partial charge on any atom is -0.324 e. The zero-order valence-electron chi connectivity index (χ0n) is 11.7. The van der Waals surface area contributed by atoms with Crippen molar-refractivity contribution in [1.29, 1.82) is 5.26 Å². The van der Waals surface area contributed by atoms with E-state index in [1.807, 2.05) is 25.1 Å². The van der Waals surface area contributed by atoms with Gasteiger partial charge in [0, 0.05) is 4.47 Å². The van der Waals surface area contributed by atoms with Crippen LogP contribution in [0.5, 0.6) is 0 Å². The van der Waals surface area contributed by atoms with Crippen molar-refractivity contribution in [2.75, 3.05) is 5.32 Å². The summed E-state index contributed by atoms with van der Waals surface area (Å²) in [5.74, 6) is -0.159. The standard InChI is InChI=1S/C16H19BrN2O/c1-12-7-6-8-13(14(12)17)19-15(20)16(11-18)9-4-2-3-5-10-16/h6-8H,2-5,9-10H2,1H3,(H,19,20). The molecule has 3 nitrogen and oxygen atoms in total. The van der Waals surface area contributed by atoms with Crippen molar-refractivity contribution >= 4 is 27.5 Å². The Morgan fingerprint density at radius 1 is 1.30 bits per heavy atom. The van der Waals surface area contributed by atoms with E-state index in [4.69, 9.17) is 0 Å². The van der Waals surface area contributed by atoms with E-state index in [0.717, 1.165) is 41.4 Å². The van der Waals surface area contributed by atoms with E-state index < -0.39 is 5.41 Å². The number of anilines is 1. The fourth-order valence-electron chi connectivity index (χ4n) is 2.71. The van der Waals surface area contributed by atoms with Crippen LogP contribution in [0.25, 0.3) is 0 Å². The molecule has 2 rings (SSSR count). The Balaban J connectivity index is 2.21. The largest absolute Gasteiger partial charge is 0.324 e. The predicted octanol–water partition coefficient (Wildman–Crippen LogP) is 4.56. The number of carbonyl (C=O) groups excluding carboxylic acids is 1. The molecule has 0 aliphatic heterocycles. The Kier molecular flexibility index (Phi) is 4.82.